The summed E-state index contributed by atoms with van der Waals surface area (Å²) in [6.07, 6.45) is 11.3. The Bertz CT molecular complexity index is 585. The van der Waals surface area contributed by atoms with Gasteiger partial charge in [-0.2, -0.15) is 15.0 Å². The van der Waals surface area contributed by atoms with Crippen molar-refractivity contribution in [1.29, 1.82) is 0 Å². The van der Waals surface area contributed by atoms with Crippen LogP contribution in [0.1, 0.15) is 39.0 Å². The van der Waals surface area contributed by atoms with Crippen molar-refractivity contribution < 1.29 is 0 Å². The summed E-state index contributed by atoms with van der Waals surface area (Å²) in [5.74, 6) is 1.70. The van der Waals surface area contributed by atoms with Gasteiger partial charge < -0.3 is 5.32 Å². The van der Waals surface area contributed by atoms with E-state index in [-0.39, 0.29) is 5.28 Å². The predicted octanol–water partition coefficient (Wildman–Crippen LogP) is 3.09. The Morgan fingerprint density at radius 2 is 2.14 bits per heavy atom. The zero-order valence-corrected chi connectivity index (χ0v) is 12.8. The SMILES string of the molecule is CCC1CCCCC1Nc1nc(Cl)nc(-n2ccnc2)n1. The van der Waals surface area contributed by atoms with Crippen LogP contribution in [0.2, 0.25) is 5.28 Å². The average Bonchev–Trinajstić information content (AvgIpc) is 3.01. The van der Waals surface area contributed by atoms with Crippen LogP contribution in [0.4, 0.5) is 5.95 Å². The second-order valence-electron chi connectivity index (χ2n) is 5.40. The van der Waals surface area contributed by atoms with E-state index < -0.39 is 0 Å². The molecule has 3 rings (SSSR count). The van der Waals surface area contributed by atoms with Gasteiger partial charge in [0.1, 0.15) is 6.33 Å². The van der Waals surface area contributed by atoms with E-state index in [9.17, 15) is 0 Å². The summed E-state index contributed by atoms with van der Waals surface area (Å²) in [5, 5.41) is 3.64. The Kier molecular flexibility index (Phi) is 4.34. The second-order valence-corrected chi connectivity index (χ2v) is 5.74. The van der Waals surface area contributed by atoms with Crippen LogP contribution in [0, 0.1) is 5.92 Å². The standard InChI is InChI=1S/C14H19ClN6/c1-2-10-5-3-4-6-11(10)17-13-18-12(15)19-14(20-13)21-8-7-16-9-21/h7-11H,2-6H2,1H3,(H,17,18,19,20). The molecule has 0 aromatic carbocycles. The van der Waals surface area contributed by atoms with Crippen molar-refractivity contribution in [3.05, 3.63) is 24.0 Å². The third-order valence-electron chi connectivity index (χ3n) is 4.08. The van der Waals surface area contributed by atoms with E-state index in [0.29, 0.717) is 23.9 Å². The number of imidazole rings is 1. The molecule has 2 atom stereocenters. The fourth-order valence-corrected chi connectivity index (χ4v) is 3.10. The molecule has 2 aromatic rings. The zero-order valence-electron chi connectivity index (χ0n) is 12.0. The first kappa shape index (κ1) is 14.3. The Morgan fingerprint density at radius 3 is 2.90 bits per heavy atom. The van der Waals surface area contributed by atoms with Crippen LogP contribution >= 0.6 is 11.6 Å². The molecular formula is C14H19ClN6. The van der Waals surface area contributed by atoms with Gasteiger partial charge in [-0.3, -0.25) is 4.57 Å². The van der Waals surface area contributed by atoms with Gasteiger partial charge >= 0.3 is 0 Å². The summed E-state index contributed by atoms with van der Waals surface area (Å²) >= 11 is 6.02. The predicted molar refractivity (Wildman–Crippen MR) is 81.6 cm³/mol. The number of hydrogen-bond donors (Lipinski definition) is 1. The number of anilines is 1. The van der Waals surface area contributed by atoms with Crippen molar-refractivity contribution in [2.45, 2.75) is 45.1 Å². The normalized spacial score (nSPS) is 22.2. The number of nitrogens with zero attached hydrogens (tertiary/aromatic N) is 5. The number of hydrogen-bond acceptors (Lipinski definition) is 5. The highest BCUT2D eigenvalue weighted by Crippen LogP contribution is 2.28. The highest BCUT2D eigenvalue weighted by atomic mass is 35.5. The molecule has 112 valence electrons. The first-order valence-corrected chi connectivity index (χ1v) is 7.80. The molecule has 0 radical (unpaired) electrons. The lowest BCUT2D eigenvalue weighted by molar-refractivity contribution is 0.316. The lowest BCUT2D eigenvalue weighted by Crippen LogP contribution is -2.32. The molecule has 0 saturated heterocycles. The minimum atomic E-state index is 0.194. The van der Waals surface area contributed by atoms with Crippen molar-refractivity contribution in [1.82, 2.24) is 24.5 Å². The topological polar surface area (TPSA) is 68.5 Å². The smallest absolute Gasteiger partial charge is 0.241 e. The van der Waals surface area contributed by atoms with E-state index >= 15 is 0 Å². The van der Waals surface area contributed by atoms with Crippen LogP contribution in [-0.2, 0) is 0 Å². The van der Waals surface area contributed by atoms with Crippen LogP contribution in [0.25, 0.3) is 5.95 Å². The van der Waals surface area contributed by atoms with Gasteiger partial charge in [-0.15, -0.1) is 0 Å². The molecule has 0 aliphatic heterocycles. The summed E-state index contributed by atoms with van der Waals surface area (Å²) in [6.45, 7) is 2.24. The Balaban J connectivity index is 1.82. The van der Waals surface area contributed by atoms with E-state index in [0.717, 1.165) is 6.42 Å². The van der Waals surface area contributed by atoms with Gasteiger partial charge in [-0.25, -0.2) is 4.98 Å². The lowest BCUT2D eigenvalue weighted by Gasteiger charge is -2.31. The number of halogens is 1. The largest absolute Gasteiger partial charge is 0.351 e. The summed E-state index contributed by atoms with van der Waals surface area (Å²) < 4.78 is 1.72. The summed E-state index contributed by atoms with van der Waals surface area (Å²) in [5.41, 5.74) is 0. The van der Waals surface area contributed by atoms with E-state index in [1.54, 1.807) is 23.3 Å². The lowest BCUT2D eigenvalue weighted by atomic mass is 9.83. The third kappa shape index (κ3) is 3.32. The van der Waals surface area contributed by atoms with Gasteiger partial charge in [0.2, 0.25) is 17.2 Å². The molecule has 1 aliphatic rings. The van der Waals surface area contributed by atoms with Crippen LogP contribution < -0.4 is 5.32 Å². The van der Waals surface area contributed by atoms with Gasteiger partial charge in [-0.1, -0.05) is 26.2 Å². The second kappa shape index (κ2) is 6.39. The van der Waals surface area contributed by atoms with Gasteiger partial charge in [0.05, 0.1) is 0 Å². The minimum absolute atomic E-state index is 0.194. The molecule has 6 nitrogen and oxygen atoms in total. The Labute approximate surface area is 129 Å². The van der Waals surface area contributed by atoms with Crippen molar-refractivity contribution in [3.8, 4) is 5.95 Å². The van der Waals surface area contributed by atoms with E-state index in [1.165, 1.54) is 25.7 Å². The van der Waals surface area contributed by atoms with Crippen LogP contribution in [0.5, 0.6) is 0 Å². The molecular weight excluding hydrogens is 288 g/mol. The molecule has 1 saturated carbocycles. The minimum Gasteiger partial charge on any atom is -0.351 e. The molecule has 0 bridgehead atoms. The van der Waals surface area contributed by atoms with Gasteiger partial charge in [0.15, 0.2) is 0 Å². The molecule has 0 amide bonds. The zero-order chi connectivity index (χ0) is 14.7. The van der Waals surface area contributed by atoms with E-state index in [1.807, 2.05) is 0 Å². The third-order valence-corrected chi connectivity index (χ3v) is 4.25. The first-order valence-electron chi connectivity index (χ1n) is 7.42. The van der Waals surface area contributed by atoms with E-state index in [2.05, 4.69) is 32.2 Å². The van der Waals surface area contributed by atoms with Crippen LogP contribution in [0.3, 0.4) is 0 Å². The summed E-state index contributed by atoms with van der Waals surface area (Å²) in [7, 11) is 0. The van der Waals surface area contributed by atoms with Crippen molar-refractivity contribution >= 4 is 17.5 Å². The summed E-state index contributed by atoms with van der Waals surface area (Å²) in [4.78, 5) is 16.8. The molecule has 2 heterocycles. The average molecular weight is 307 g/mol. The Hall–Kier alpha value is -1.69. The van der Waals surface area contributed by atoms with Crippen molar-refractivity contribution in [3.63, 3.8) is 0 Å². The van der Waals surface area contributed by atoms with Crippen LogP contribution in [-0.4, -0.2) is 30.5 Å². The first-order chi connectivity index (χ1) is 10.3. The molecule has 7 heteroatoms. The molecule has 2 unspecified atom stereocenters. The van der Waals surface area contributed by atoms with Gasteiger partial charge in [0.25, 0.3) is 0 Å². The number of rotatable bonds is 4. The summed E-state index contributed by atoms with van der Waals surface area (Å²) in [6, 6.07) is 0.415. The fraction of sp³-hybridized carbons (Fsp3) is 0.571. The molecule has 0 spiro atoms. The fourth-order valence-electron chi connectivity index (χ4n) is 2.95. The Morgan fingerprint density at radius 1 is 1.29 bits per heavy atom. The molecule has 2 aromatic heterocycles. The van der Waals surface area contributed by atoms with Crippen LogP contribution in [0.15, 0.2) is 18.7 Å². The highest BCUT2D eigenvalue weighted by Gasteiger charge is 2.24. The maximum atomic E-state index is 6.02. The number of nitrogens with one attached hydrogen (secondary N) is 1. The van der Waals surface area contributed by atoms with Gasteiger partial charge in [0, 0.05) is 18.4 Å². The maximum Gasteiger partial charge on any atom is 0.241 e. The van der Waals surface area contributed by atoms with E-state index in [4.69, 9.17) is 11.6 Å². The molecule has 1 fully saturated rings. The molecule has 21 heavy (non-hydrogen) atoms. The molecule has 1 aliphatic carbocycles. The quantitative estimate of drug-likeness (QED) is 0.940. The van der Waals surface area contributed by atoms with Crippen molar-refractivity contribution in [2.75, 3.05) is 5.32 Å². The van der Waals surface area contributed by atoms with Gasteiger partial charge in [-0.05, 0) is 30.4 Å². The monoisotopic (exact) mass is 306 g/mol. The highest BCUT2D eigenvalue weighted by molar-refractivity contribution is 6.28. The maximum absolute atomic E-state index is 6.02. The molecule has 1 N–H and O–H groups in total. The number of aromatic nitrogens is 5. The van der Waals surface area contributed by atoms with Crippen molar-refractivity contribution in [2.24, 2.45) is 5.92 Å².